The number of hydrogen-bond donors (Lipinski definition) is 2. The van der Waals surface area contributed by atoms with Crippen molar-refractivity contribution in [1.82, 2.24) is 4.98 Å². The lowest BCUT2D eigenvalue weighted by atomic mass is 10.1. The van der Waals surface area contributed by atoms with E-state index in [1.165, 1.54) is 0 Å². The van der Waals surface area contributed by atoms with E-state index in [1.807, 2.05) is 24.3 Å². The molecule has 2 N–H and O–H groups in total. The quantitative estimate of drug-likeness (QED) is 0.633. The van der Waals surface area contributed by atoms with Gasteiger partial charge in [0.1, 0.15) is 5.69 Å². The zero-order valence-electron chi connectivity index (χ0n) is 8.96. The maximum atomic E-state index is 11.1. The van der Waals surface area contributed by atoms with Gasteiger partial charge in [0.15, 0.2) is 0 Å². The third-order valence-electron chi connectivity index (χ3n) is 2.35. The number of benzene rings is 1. The highest BCUT2D eigenvalue weighted by atomic mass is 35.5. The topological polar surface area (TPSA) is 53.1 Å². The van der Waals surface area contributed by atoms with Gasteiger partial charge in [0.2, 0.25) is 0 Å². The van der Waals surface area contributed by atoms with E-state index in [-0.39, 0.29) is 5.69 Å². The summed E-state index contributed by atoms with van der Waals surface area (Å²) >= 11 is 5.54. The van der Waals surface area contributed by atoms with E-state index in [9.17, 15) is 4.79 Å². The van der Waals surface area contributed by atoms with Gasteiger partial charge >= 0.3 is 5.97 Å². The summed E-state index contributed by atoms with van der Waals surface area (Å²) in [5.74, 6) is 5.17. The molecule has 1 aromatic carbocycles. The second-order valence-corrected chi connectivity index (χ2v) is 3.84. The molecule has 0 amide bonds. The van der Waals surface area contributed by atoms with Crippen molar-refractivity contribution in [3.8, 4) is 11.8 Å². The van der Waals surface area contributed by atoms with Crippen molar-refractivity contribution in [2.24, 2.45) is 0 Å². The Bertz CT molecular complexity index is 619. The lowest BCUT2D eigenvalue weighted by Gasteiger charge is -1.90. The Morgan fingerprint density at radius 3 is 2.88 bits per heavy atom. The first-order valence-electron chi connectivity index (χ1n) is 5.13. The van der Waals surface area contributed by atoms with Gasteiger partial charge in [0.05, 0.1) is 5.56 Å². The highest BCUT2D eigenvalue weighted by Crippen LogP contribution is 2.21. The summed E-state index contributed by atoms with van der Waals surface area (Å²) in [4.78, 5) is 14.0. The van der Waals surface area contributed by atoms with Crippen LogP contribution in [0, 0.1) is 11.8 Å². The van der Waals surface area contributed by atoms with Crippen LogP contribution in [0.25, 0.3) is 10.9 Å². The first-order valence-corrected chi connectivity index (χ1v) is 5.66. The van der Waals surface area contributed by atoms with Crippen LogP contribution in [0.4, 0.5) is 0 Å². The molecule has 3 nitrogen and oxygen atoms in total. The Kier molecular flexibility index (Phi) is 3.36. The minimum absolute atomic E-state index is 0.133. The minimum atomic E-state index is -1.00. The SMILES string of the molecule is O=C(O)c1[nH]c2ccccc2c1C#CCCCl. The van der Waals surface area contributed by atoms with Gasteiger partial charge in [-0.15, -0.1) is 11.6 Å². The van der Waals surface area contributed by atoms with Gasteiger partial charge in [-0.05, 0) is 6.07 Å². The maximum Gasteiger partial charge on any atom is 0.353 e. The number of fused-ring (bicyclic) bond motifs is 1. The van der Waals surface area contributed by atoms with E-state index in [4.69, 9.17) is 16.7 Å². The van der Waals surface area contributed by atoms with E-state index >= 15 is 0 Å². The van der Waals surface area contributed by atoms with Crippen molar-refractivity contribution in [1.29, 1.82) is 0 Å². The highest BCUT2D eigenvalue weighted by Gasteiger charge is 2.14. The summed E-state index contributed by atoms with van der Waals surface area (Å²) in [6.07, 6.45) is 0.542. The second kappa shape index (κ2) is 4.94. The van der Waals surface area contributed by atoms with Gasteiger partial charge in [0.25, 0.3) is 0 Å². The van der Waals surface area contributed by atoms with Crippen molar-refractivity contribution < 1.29 is 9.90 Å². The number of alkyl halides is 1. The number of rotatable bonds is 2. The predicted molar refractivity (Wildman–Crippen MR) is 67.5 cm³/mol. The largest absolute Gasteiger partial charge is 0.477 e. The zero-order valence-corrected chi connectivity index (χ0v) is 9.71. The molecular weight excluding hydrogens is 238 g/mol. The van der Waals surface area contributed by atoms with E-state index in [0.717, 1.165) is 10.9 Å². The van der Waals surface area contributed by atoms with Crippen LogP contribution in [0.5, 0.6) is 0 Å². The van der Waals surface area contributed by atoms with Crippen LogP contribution >= 0.6 is 11.6 Å². The molecule has 0 saturated heterocycles. The van der Waals surface area contributed by atoms with Crippen LogP contribution < -0.4 is 0 Å². The summed E-state index contributed by atoms with van der Waals surface area (Å²) in [5.41, 5.74) is 1.44. The molecule has 2 rings (SSSR count). The van der Waals surface area contributed by atoms with Crippen LogP contribution in [0.15, 0.2) is 24.3 Å². The van der Waals surface area contributed by atoms with Crippen molar-refractivity contribution in [3.05, 3.63) is 35.5 Å². The molecule has 0 fully saturated rings. The van der Waals surface area contributed by atoms with Crippen LogP contribution in [0.3, 0.4) is 0 Å². The summed E-state index contributed by atoms with van der Waals surface area (Å²) < 4.78 is 0. The number of carbonyl (C=O) groups is 1. The van der Waals surface area contributed by atoms with Crippen LogP contribution in [0.1, 0.15) is 22.5 Å². The van der Waals surface area contributed by atoms with Crippen molar-refractivity contribution >= 4 is 28.5 Å². The second-order valence-electron chi connectivity index (χ2n) is 3.47. The summed E-state index contributed by atoms with van der Waals surface area (Å²) in [6, 6.07) is 7.38. The average molecular weight is 248 g/mol. The number of halogens is 1. The Balaban J connectivity index is 2.61. The number of hydrogen-bond acceptors (Lipinski definition) is 1. The van der Waals surface area contributed by atoms with Crippen molar-refractivity contribution in [3.63, 3.8) is 0 Å². The van der Waals surface area contributed by atoms with Crippen LogP contribution in [0.2, 0.25) is 0 Å². The third kappa shape index (κ3) is 2.27. The van der Waals surface area contributed by atoms with Gasteiger partial charge in [-0.2, -0.15) is 0 Å². The first-order chi connectivity index (χ1) is 8.24. The molecule has 17 heavy (non-hydrogen) atoms. The Hall–Kier alpha value is -1.92. The zero-order chi connectivity index (χ0) is 12.3. The summed E-state index contributed by atoms with van der Waals surface area (Å²) in [7, 11) is 0. The Morgan fingerprint density at radius 2 is 2.18 bits per heavy atom. The number of carboxylic acid groups (broad SMARTS) is 1. The fourth-order valence-corrected chi connectivity index (χ4v) is 1.72. The van der Waals surface area contributed by atoms with Crippen LogP contribution in [-0.2, 0) is 0 Å². The monoisotopic (exact) mass is 247 g/mol. The smallest absolute Gasteiger partial charge is 0.353 e. The summed E-state index contributed by atoms with van der Waals surface area (Å²) in [5, 5.41) is 9.92. The Morgan fingerprint density at radius 1 is 1.41 bits per heavy atom. The number of H-pyrrole nitrogens is 1. The predicted octanol–water partition coefficient (Wildman–Crippen LogP) is 2.85. The van der Waals surface area contributed by atoms with E-state index in [2.05, 4.69) is 16.8 Å². The fraction of sp³-hybridized carbons (Fsp3) is 0.154. The molecule has 0 radical (unpaired) electrons. The van der Waals surface area contributed by atoms with Gasteiger partial charge in [0, 0.05) is 23.2 Å². The molecule has 0 aliphatic carbocycles. The molecule has 0 unspecified atom stereocenters. The standard InChI is InChI=1S/C13H10ClNO2/c14-8-4-3-6-10-9-5-1-2-7-11(9)15-12(10)13(16)17/h1-2,5,7,15H,4,8H2,(H,16,17). The Labute approximate surface area is 103 Å². The van der Waals surface area contributed by atoms with Gasteiger partial charge < -0.3 is 10.1 Å². The molecule has 0 atom stereocenters. The molecule has 0 aliphatic heterocycles. The fourth-order valence-electron chi connectivity index (χ4n) is 1.63. The molecular formula is C13H10ClNO2. The molecule has 2 aromatic rings. The molecule has 0 aliphatic rings. The van der Waals surface area contributed by atoms with E-state index < -0.39 is 5.97 Å². The van der Waals surface area contributed by atoms with Gasteiger partial charge in [-0.1, -0.05) is 30.0 Å². The molecule has 1 aromatic heterocycles. The average Bonchev–Trinajstić information content (AvgIpc) is 2.69. The first kappa shape index (κ1) is 11.6. The van der Waals surface area contributed by atoms with E-state index in [1.54, 1.807) is 0 Å². The van der Waals surface area contributed by atoms with Gasteiger partial charge in [-0.3, -0.25) is 0 Å². The number of aromatic carboxylic acids is 1. The van der Waals surface area contributed by atoms with Gasteiger partial charge in [-0.25, -0.2) is 4.79 Å². The molecule has 86 valence electrons. The van der Waals surface area contributed by atoms with Crippen LogP contribution in [-0.4, -0.2) is 21.9 Å². The molecule has 0 bridgehead atoms. The highest BCUT2D eigenvalue weighted by molar-refractivity contribution is 6.18. The number of aromatic amines is 1. The minimum Gasteiger partial charge on any atom is -0.477 e. The maximum absolute atomic E-state index is 11.1. The normalized spacial score (nSPS) is 9.94. The molecule has 0 saturated carbocycles. The van der Waals surface area contributed by atoms with E-state index in [0.29, 0.717) is 17.9 Å². The third-order valence-corrected chi connectivity index (χ3v) is 2.54. The number of para-hydroxylation sites is 1. The molecule has 0 spiro atoms. The lowest BCUT2D eigenvalue weighted by molar-refractivity contribution is 0.0691. The van der Waals surface area contributed by atoms with Crippen molar-refractivity contribution in [2.75, 3.05) is 5.88 Å². The van der Waals surface area contributed by atoms with Crippen molar-refractivity contribution in [2.45, 2.75) is 6.42 Å². The molecule has 4 heteroatoms. The number of nitrogens with one attached hydrogen (secondary N) is 1. The lowest BCUT2D eigenvalue weighted by Crippen LogP contribution is -1.98. The number of aromatic nitrogens is 1. The number of carboxylic acids is 1. The summed E-state index contributed by atoms with van der Waals surface area (Å²) in [6.45, 7) is 0. The molecule has 1 heterocycles.